The highest BCUT2D eigenvalue weighted by atomic mass is 32.3. The second-order valence-electron chi connectivity index (χ2n) is 8.89. The highest BCUT2D eigenvalue weighted by Crippen LogP contribution is 2.35. The lowest BCUT2D eigenvalue weighted by atomic mass is 10.1. The van der Waals surface area contributed by atoms with Crippen molar-refractivity contribution in [3.05, 3.63) is 30.1 Å². The molecule has 0 radical (unpaired) electrons. The Balaban J connectivity index is 1.31. The van der Waals surface area contributed by atoms with Crippen LogP contribution < -0.4 is 10.6 Å². The number of thioether (sulfide) groups is 1. The molecule has 0 spiro atoms. The summed E-state index contributed by atoms with van der Waals surface area (Å²) in [7, 11) is -2.25. The number of para-hydroxylation sites is 1. The number of rotatable bonds is 8. The average molecular weight is 576 g/mol. The Kier molecular flexibility index (Phi) is 8.76. The summed E-state index contributed by atoms with van der Waals surface area (Å²) in [5, 5.41) is 6.25. The van der Waals surface area contributed by atoms with Gasteiger partial charge in [-0.2, -0.15) is 17.5 Å². The minimum atomic E-state index is -4.53. The Morgan fingerprint density at radius 1 is 1.24 bits per heavy atom. The number of anilines is 1. The third kappa shape index (κ3) is 6.54. The first kappa shape index (κ1) is 28.5. The number of sulfonamides is 1. The van der Waals surface area contributed by atoms with Crippen molar-refractivity contribution < 1.29 is 31.1 Å². The quantitative estimate of drug-likeness (QED) is 0.482. The van der Waals surface area contributed by atoms with Crippen LogP contribution in [0, 0.1) is 0 Å². The topological polar surface area (TPSA) is 129 Å². The van der Waals surface area contributed by atoms with Crippen molar-refractivity contribution >= 4 is 49.6 Å². The number of ether oxygens (including phenoxy) is 1. The number of carbonyl (C=O) groups is 1. The first-order valence-corrected chi connectivity index (χ1v) is 14.2. The van der Waals surface area contributed by atoms with Crippen molar-refractivity contribution in [3.63, 3.8) is 0 Å². The summed E-state index contributed by atoms with van der Waals surface area (Å²) in [6.07, 6.45) is -3.42. The summed E-state index contributed by atoms with van der Waals surface area (Å²) in [5.74, 6) is -0.0923. The molecule has 11 nitrogen and oxygen atoms in total. The van der Waals surface area contributed by atoms with Crippen molar-refractivity contribution in [2.75, 3.05) is 58.3 Å². The normalized spacial score (nSPS) is 20.3. The Morgan fingerprint density at radius 3 is 2.66 bits per heavy atom. The van der Waals surface area contributed by atoms with Crippen LogP contribution in [0.3, 0.4) is 0 Å². The Morgan fingerprint density at radius 2 is 1.97 bits per heavy atom. The van der Waals surface area contributed by atoms with Gasteiger partial charge in [-0.3, -0.25) is 14.7 Å². The number of fused-ring (bicyclic) bond motifs is 1. The maximum Gasteiger partial charge on any atom is 0.418 e. The number of amides is 1. The number of methoxy groups -OCH3 is 1. The number of hydrogen-bond donors (Lipinski definition) is 2. The van der Waals surface area contributed by atoms with E-state index in [0.717, 1.165) is 24.2 Å². The van der Waals surface area contributed by atoms with Gasteiger partial charge in [0.25, 0.3) is 5.91 Å². The minimum Gasteiger partial charge on any atom is -0.375 e. The number of benzene rings is 1. The number of amidine groups is 1. The Bertz CT molecular complexity index is 1300. The van der Waals surface area contributed by atoms with Crippen molar-refractivity contribution in [1.29, 1.82) is 0 Å². The third-order valence-electron chi connectivity index (χ3n) is 6.06. The van der Waals surface area contributed by atoms with Crippen molar-refractivity contribution in [3.8, 4) is 0 Å². The number of aliphatic imine (C=N–C) groups is 1. The van der Waals surface area contributed by atoms with Crippen LogP contribution in [0.25, 0.3) is 10.9 Å². The van der Waals surface area contributed by atoms with E-state index in [2.05, 4.69) is 30.5 Å². The van der Waals surface area contributed by atoms with E-state index in [-0.39, 0.29) is 35.3 Å². The molecule has 1 amide bonds. The van der Waals surface area contributed by atoms with Crippen molar-refractivity contribution in [2.45, 2.75) is 23.7 Å². The van der Waals surface area contributed by atoms with Crippen LogP contribution in [-0.4, -0.2) is 102 Å². The van der Waals surface area contributed by atoms with Gasteiger partial charge >= 0.3 is 6.18 Å². The van der Waals surface area contributed by atoms with E-state index >= 15 is 0 Å². The second kappa shape index (κ2) is 11.7. The molecule has 0 saturated carbocycles. The maximum absolute atomic E-state index is 13.4. The van der Waals surface area contributed by atoms with Gasteiger partial charge < -0.3 is 15.4 Å². The minimum absolute atomic E-state index is 0.0553. The standard InChI is InChI=1S/C22H28F3N7O4S2/c1-14(29-20-15-4-3-5-16(22(23,24)25)19(15)27-13-28-20)11-31-6-8-32(9-7-31)38(34,35)18-10-26-21(37-18)30-17(33)12-36-2/h3-5,13-14,18H,6-12H2,1-2H3,(H,26,30,33)(H,27,28,29)/t14-,18?/m0/s1. The molecule has 0 bridgehead atoms. The summed E-state index contributed by atoms with van der Waals surface area (Å²) in [4.78, 5) is 25.9. The highest BCUT2D eigenvalue weighted by Gasteiger charge is 2.38. The molecular formula is C22H28F3N7O4S2. The molecule has 208 valence electrons. The molecule has 1 aromatic heterocycles. The van der Waals surface area contributed by atoms with Crippen LogP contribution in [0.4, 0.5) is 19.0 Å². The first-order valence-electron chi connectivity index (χ1n) is 11.8. The zero-order valence-corrected chi connectivity index (χ0v) is 22.4. The van der Waals surface area contributed by atoms with Crippen molar-refractivity contribution in [1.82, 2.24) is 24.5 Å². The van der Waals surface area contributed by atoms with E-state index in [1.165, 1.54) is 17.5 Å². The summed E-state index contributed by atoms with van der Waals surface area (Å²) >= 11 is 1.01. The molecule has 4 rings (SSSR count). The predicted molar refractivity (Wildman–Crippen MR) is 138 cm³/mol. The van der Waals surface area contributed by atoms with Crippen LogP contribution >= 0.6 is 11.8 Å². The van der Waals surface area contributed by atoms with Gasteiger partial charge in [0.2, 0.25) is 10.0 Å². The third-order valence-corrected chi connectivity index (χ3v) is 9.84. The Hall–Kier alpha value is -2.53. The Labute approximate surface area is 222 Å². The molecule has 16 heteroatoms. The van der Waals surface area contributed by atoms with Gasteiger partial charge in [-0.05, 0) is 19.1 Å². The highest BCUT2D eigenvalue weighted by molar-refractivity contribution is 8.22. The number of halogens is 3. The molecule has 1 unspecified atom stereocenters. The number of nitrogens with one attached hydrogen (secondary N) is 2. The second-order valence-corrected chi connectivity index (χ2v) is 12.5. The SMILES string of the molecule is COCC(=O)NC1=NCC(S(=O)(=O)N2CCN(C[C@H](C)Nc3ncnc4c(C(F)(F)F)cccc34)CC2)S1. The van der Waals surface area contributed by atoms with E-state index in [0.29, 0.717) is 38.5 Å². The molecule has 2 aromatic rings. The smallest absolute Gasteiger partial charge is 0.375 e. The van der Waals surface area contributed by atoms with Gasteiger partial charge in [0.05, 0.1) is 17.6 Å². The van der Waals surface area contributed by atoms with Gasteiger partial charge in [0.15, 0.2) is 5.17 Å². The van der Waals surface area contributed by atoms with Crippen LogP contribution in [0.15, 0.2) is 29.5 Å². The fourth-order valence-electron chi connectivity index (χ4n) is 4.30. The van der Waals surface area contributed by atoms with E-state index in [4.69, 9.17) is 4.74 Å². The number of nitrogens with zero attached hydrogens (tertiary/aromatic N) is 5. The number of hydrogen-bond acceptors (Lipinski definition) is 10. The van der Waals surface area contributed by atoms with Gasteiger partial charge in [0, 0.05) is 51.3 Å². The summed E-state index contributed by atoms with van der Waals surface area (Å²) in [5.41, 5.74) is -0.987. The molecule has 38 heavy (non-hydrogen) atoms. The first-order chi connectivity index (χ1) is 18.0. The molecule has 2 aliphatic rings. The van der Waals surface area contributed by atoms with Crippen LogP contribution in [0.1, 0.15) is 12.5 Å². The van der Waals surface area contributed by atoms with E-state index < -0.39 is 32.3 Å². The molecule has 2 N–H and O–H groups in total. The van der Waals surface area contributed by atoms with E-state index in [1.807, 2.05) is 6.92 Å². The average Bonchev–Trinajstić information content (AvgIpc) is 3.33. The summed E-state index contributed by atoms with van der Waals surface area (Å²) in [6, 6.07) is 3.68. The molecule has 2 aliphatic heterocycles. The number of alkyl halides is 3. The monoisotopic (exact) mass is 575 g/mol. The van der Waals surface area contributed by atoms with E-state index in [1.54, 1.807) is 6.07 Å². The summed E-state index contributed by atoms with van der Waals surface area (Å²) < 4.78 is 71.7. The fraction of sp³-hybridized carbons (Fsp3) is 0.545. The largest absolute Gasteiger partial charge is 0.418 e. The molecule has 3 heterocycles. The predicted octanol–water partition coefficient (Wildman–Crippen LogP) is 1.59. The molecule has 0 aliphatic carbocycles. The maximum atomic E-state index is 13.4. The molecule has 1 saturated heterocycles. The number of carbonyl (C=O) groups excluding carboxylic acids is 1. The fourth-order valence-corrected chi connectivity index (χ4v) is 7.41. The van der Waals surface area contributed by atoms with Crippen LogP contribution in [0.5, 0.6) is 0 Å². The van der Waals surface area contributed by atoms with Gasteiger partial charge in [-0.15, -0.1) is 0 Å². The van der Waals surface area contributed by atoms with Crippen LogP contribution in [-0.2, 0) is 25.7 Å². The lowest BCUT2D eigenvalue weighted by Crippen LogP contribution is -2.52. The zero-order chi connectivity index (χ0) is 27.5. The van der Waals surface area contributed by atoms with Crippen LogP contribution in [0.2, 0.25) is 0 Å². The summed E-state index contributed by atoms with van der Waals surface area (Å²) in [6.45, 7) is 3.90. The van der Waals surface area contributed by atoms with Crippen molar-refractivity contribution in [2.24, 2.45) is 4.99 Å². The lowest BCUT2D eigenvalue weighted by Gasteiger charge is -2.36. The lowest BCUT2D eigenvalue weighted by molar-refractivity contribution is -0.136. The zero-order valence-electron chi connectivity index (χ0n) is 20.7. The van der Waals surface area contributed by atoms with Gasteiger partial charge in [0.1, 0.15) is 23.3 Å². The van der Waals surface area contributed by atoms with E-state index in [9.17, 15) is 26.4 Å². The molecule has 2 atom stereocenters. The number of aromatic nitrogens is 2. The molecule has 1 aromatic carbocycles. The molecule has 1 fully saturated rings. The molecular weight excluding hydrogens is 547 g/mol. The van der Waals surface area contributed by atoms with Gasteiger partial charge in [-0.1, -0.05) is 17.8 Å². The van der Waals surface area contributed by atoms with Gasteiger partial charge in [-0.25, -0.2) is 18.4 Å². The number of piperazine rings is 1.